The minimum atomic E-state index is -4.19. The SMILES string of the molecule is Cc1ccc(S(=O)(=O)C(=[N+]=[N-])C(=O)c2cccc(Br)c2)cc1. The van der Waals surface area contributed by atoms with Crippen molar-refractivity contribution < 1.29 is 18.0 Å². The topological polar surface area (TPSA) is 87.6 Å². The quantitative estimate of drug-likeness (QED) is 0.270. The van der Waals surface area contributed by atoms with E-state index < -0.39 is 20.7 Å². The summed E-state index contributed by atoms with van der Waals surface area (Å²) in [5.41, 5.74) is 10.0. The molecule has 0 unspecified atom stereocenters. The van der Waals surface area contributed by atoms with Crippen LogP contribution < -0.4 is 0 Å². The zero-order valence-electron chi connectivity index (χ0n) is 11.5. The molecule has 0 amide bonds. The number of hydrogen-bond acceptors (Lipinski definition) is 3. The van der Waals surface area contributed by atoms with E-state index in [9.17, 15) is 13.2 Å². The Morgan fingerprint density at radius 3 is 2.32 bits per heavy atom. The molecule has 0 fully saturated rings. The highest BCUT2D eigenvalue weighted by Gasteiger charge is 2.38. The average Bonchev–Trinajstić information content (AvgIpc) is 2.48. The predicted octanol–water partition coefficient (Wildman–Crippen LogP) is 3.04. The maximum absolute atomic E-state index is 12.5. The van der Waals surface area contributed by atoms with Gasteiger partial charge in [0, 0.05) is 10.0 Å². The molecule has 5 nitrogen and oxygen atoms in total. The van der Waals surface area contributed by atoms with E-state index >= 15 is 0 Å². The molecule has 7 heteroatoms. The largest absolute Gasteiger partial charge is 0.456 e. The monoisotopic (exact) mass is 378 g/mol. The van der Waals surface area contributed by atoms with Gasteiger partial charge in [0.05, 0.1) is 4.90 Å². The molecular weight excluding hydrogens is 368 g/mol. The lowest BCUT2D eigenvalue weighted by Gasteiger charge is -2.01. The van der Waals surface area contributed by atoms with Crippen LogP contribution >= 0.6 is 15.9 Å². The van der Waals surface area contributed by atoms with Gasteiger partial charge in [0.25, 0.3) is 15.6 Å². The first-order valence-electron chi connectivity index (χ1n) is 6.20. The summed E-state index contributed by atoms with van der Waals surface area (Å²) in [6, 6.07) is 12.1. The Morgan fingerprint density at radius 2 is 1.77 bits per heavy atom. The molecule has 0 heterocycles. The molecule has 2 aromatic carbocycles. The normalized spacial score (nSPS) is 10.8. The lowest BCUT2D eigenvalue weighted by atomic mass is 10.1. The second-order valence-electron chi connectivity index (χ2n) is 4.56. The Morgan fingerprint density at radius 1 is 1.14 bits per heavy atom. The summed E-state index contributed by atoms with van der Waals surface area (Å²) < 4.78 is 25.5. The van der Waals surface area contributed by atoms with Crippen LogP contribution in [0.25, 0.3) is 5.53 Å². The van der Waals surface area contributed by atoms with Gasteiger partial charge in [-0.2, -0.15) is 0 Å². The second-order valence-corrected chi connectivity index (χ2v) is 7.34. The molecule has 0 aliphatic heterocycles. The molecule has 0 aliphatic carbocycles. The first-order valence-corrected chi connectivity index (χ1v) is 8.48. The minimum Gasteiger partial charge on any atom is -0.360 e. The van der Waals surface area contributed by atoms with Crippen LogP contribution in [0, 0.1) is 6.92 Å². The molecule has 0 bridgehead atoms. The van der Waals surface area contributed by atoms with Crippen molar-refractivity contribution in [3.05, 3.63) is 69.7 Å². The molecule has 0 N–H and O–H groups in total. The summed E-state index contributed by atoms with van der Waals surface area (Å²) in [6.45, 7) is 1.81. The van der Waals surface area contributed by atoms with Crippen LogP contribution in [0.15, 0.2) is 57.9 Å². The van der Waals surface area contributed by atoms with E-state index in [1.807, 2.05) is 6.92 Å². The number of carbonyl (C=O) groups is 1. The number of nitrogens with zero attached hydrogens (tertiary/aromatic N) is 2. The molecule has 0 spiro atoms. The van der Waals surface area contributed by atoms with Crippen LogP contribution in [-0.4, -0.2) is 24.0 Å². The molecule has 0 aromatic heterocycles. The Kier molecular flexibility index (Phi) is 4.71. The molecular formula is C15H11BrN2O3S. The highest BCUT2D eigenvalue weighted by atomic mass is 79.9. The first kappa shape index (κ1) is 16.3. The lowest BCUT2D eigenvalue weighted by molar-refractivity contribution is -0.00158. The van der Waals surface area contributed by atoms with Gasteiger partial charge in [-0.05, 0) is 31.2 Å². The van der Waals surface area contributed by atoms with E-state index in [0.29, 0.717) is 4.47 Å². The van der Waals surface area contributed by atoms with E-state index in [4.69, 9.17) is 5.53 Å². The molecule has 0 saturated heterocycles. The summed E-state index contributed by atoms with van der Waals surface area (Å²) in [5.74, 6) is -0.871. The number of ketones is 1. The Balaban J connectivity index is 2.50. The summed E-state index contributed by atoms with van der Waals surface area (Å²) in [7, 11) is -4.19. The average molecular weight is 379 g/mol. The van der Waals surface area contributed by atoms with Crippen LogP contribution in [0.3, 0.4) is 0 Å². The molecule has 0 atom stereocenters. The van der Waals surface area contributed by atoms with Gasteiger partial charge < -0.3 is 5.53 Å². The van der Waals surface area contributed by atoms with E-state index in [-0.39, 0.29) is 10.5 Å². The predicted molar refractivity (Wildman–Crippen MR) is 85.5 cm³/mol. The fourth-order valence-electron chi connectivity index (χ4n) is 1.80. The van der Waals surface area contributed by atoms with Gasteiger partial charge in [-0.1, -0.05) is 45.8 Å². The van der Waals surface area contributed by atoms with Crippen LogP contribution in [0.5, 0.6) is 0 Å². The smallest absolute Gasteiger partial charge is 0.360 e. The van der Waals surface area contributed by atoms with Gasteiger partial charge in [-0.15, -0.1) is 4.79 Å². The fraction of sp³-hybridized carbons (Fsp3) is 0.0667. The Bertz CT molecular complexity index is 883. The maximum atomic E-state index is 12.5. The summed E-state index contributed by atoms with van der Waals surface area (Å²) in [4.78, 5) is 15.0. The third-order valence-corrected chi connectivity index (χ3v) is 5.12. The van der Waals surface area contributed by atoms with Crippen molar-refractivity contribution in [1.29, 1.82) is 0 Å². The van der Waals surface area contributed by atoms with Gasteiger partial charge in [0.15, 0.2) is 0 Å². The van der Waals surface area contributed by atoms with E-state index in [1.165, 1.54) is 24.3 Å². The summed E-state index contributed by atoms with van der Waals surface area (Å²) in [5, 5.41) is -0.908. The number of carbonyl (C=O) groups excluding carboxylic acids is 1. The molecule has 112 valence electrons. The molecule has 0 saturated carbocycles. The van der Waals surface area contributed by atoms with Gasteiger partial charge in [-0.3, -0.25) is 4.79 Å². The van der Waals surface area contributed by atoms with Crippen LogP contribution in [-0.2, 0) is 9.84 Å². The lowest BCUT2D eigenvalue weighted by Crippen LogP contribution is -2.26. The Hall–Kier alpha value is -2.08. The molecule has 2 aromatic rings. The molecule has 2 rings (SSSR count). The number of benzene rings is 2. The van der Waals surface area contributed by atoms with Crippen LogP contribution in [0.4, 0.5) is 0 Å². The molecule has 22 heavy (non-hydrogen) atoms. The summed E-state index contributed by atoms with van der Waals surface area (Å²) in [6.07, 6.45) is 0. The zero-order chi connectivity index (χ0) is 16.3. The number of Topliss-reactive ketones (excluding diaryl/α,β-unsaturated/α-hetero) is 1. The number of halogens is 1. The van der Waals surface area contributed by atoms with Gasteiger partial charge >= 0.3 is 5.04 Å². The van der Waals surface area contributed by atoms with E-state index in [1.54, 1.807) is 24.3 Å². The van der Waals surface area contributed by atoms with Crippen molar-refractivity contribution in [1.82, 2.24) is 0 Å². The fourth-order valence-corrected chi connectivity index (χ4v) is 3.39. The van der Waals surface area contributed by atoms with Gasteiger partial charge in [-0.25, -0.2) is 8.42 Å². The molecule has 0 radical (unpaired) electrons. The van der Waals surface area contributed by atoms with Crippen molar-refractivity contribution >= 4 is 36.6 Å². The minimum absolute atomic E-state index is 0.103. The third-order valence-electron chi connectivity index (χ3n) is 2.96. The van der Waals surface area contributed by atoms with Gasteiger partial charge in [0.1, 0.15) is 0 Å². The Labute approximate surface area is 136 Å². The third kappa shape index (κ3) is 3.22. The number of rotatable bonds is 3. The second kappa shape index (κ2) is 6.36. The van der Waals surface area contributed by atoms with Crippen molar-refractivity contribution in [2.75, 3.05) is 0 Å². The molecule has 0 aliphatic rings. The number of aryl methyl sites for hydroxylation is 1. The zero-order valence-corrected chi connectivity index (χ0v) is 13.9. The van der Waals surface area contributed by atoms with Crippen molar-refractivity contribution in [2.24, 2.45) is 0 Å². The van der Waals surface area contributed by atoms with Crippen LogP contribution in [0.1, 0.15) is 15.9 Å². The number of hydrogen-bond donors (Lipinski definition) is 0. The van der Waals surface area contributed by atoms with Crippen LogP contribution in [0.2, 0.25) is 0 Å². The standard InChI is InChI=1S/C15H11BrN2O3S/c1-10-5-7-13(8-6-10)22(20,21)15(18-17)14(19)11-3-2-4-12(16)9-11/h2-9H,1H3. The van der Waals surface area contributed by atoms with E-state index in [0.717, 1.165) is 5.56 Å². The maximum Gasteiger partial charge on any atom is 0.456 e. The number of sulfone groups is 1. The van der Waals surface area contributed by atoms with Crippen molar-refractivity contribution in [3.8, 4) is 0 Å². The van der Waals surface area contributed by atoms with E-state index in [2.05, 4.69) is 20.7 Å². The first-order chi connectivity index (χ1) is 10.4. The highest BCUT2D eigenvalue weighted by molar-refractivity contribution is 9.10. The van der Waals surface area contributed by atoms with Crippen molar-refractivity contribution in [3.63, 3.8) is 0 Å². The van der Waals surface area contributed by atoms with Crippen molar-refractivity contribution in [2.45, 2.75) is 11.8 Å². The van der Waals surface area contributed by atoms with Gasteiger partial charge in [0.2, 0.25) is 0 Å². The summed E-state index contributed by atoms with van der Waals surface area (Å²) >= 11 is 3.20. The highest BCUT2D eigenvalue weighted by Crippen LogP contribution is 2.17.